The van der Waals surface area contributed by atoms with Crippen molar-refractivity contribution in [2.75, 3.05) is 6.54 Å². The fourth-order valence-electron chi connectivity index (χ4n) is 1.44. The number of phenols is 2. The van der Waals surface area contributed by atoms with Gasteiger partial charge in [0.25, 0.3) is 0 Å². The van der Waals surface area contributed by atoms with E-state index in [2.05, 4.69) is 0 Å². The second-order valence-electron chi connectivity index (χ2n) is 3.60. The van der Waals surface area contributed by atoms with Gasteiger partial charge < -0.3 is 21.1 Å². The minimum atomic E-state index is -4.92. The number of benzene rings is 1. The standard InChI is InChI=1S/C10H12F3NO3/c11-10(12,13)9(17,3-4-14)6-1-2-7(15)8(16)5-6/h1-2,5,15-17H,3-4,14H2. The molecule has 1 aromatic carbocycles. The van der Waals surface area contributed by atoms with Crippen LogP contribution in [-0.4, -0.2) is 28.0 Å². The van der Waals surface area contributed by atoms with Crippen molar-refractivity contribution in [2.24, 2.45) is 5.73 Å². The molecular formula is C10H12F3NO3. The number of rotatable bonds is 3. The summed E-state index contributed by atoms with van der Waals surface area (Å²) >= 11 is 0. The molecule has 0 bridgehead atoms. The van der Waals surface area contributed by atoms with Gasteiger partial charge in [0, 0.05) is 6.42 Å². The van der Waals surface area contributed by atoms with Gasteiger partial charge in [-0.1, -0.05) is 6.07 Å². The maximum atomic E-state index is 12.8. The van der Waals surface area contributed by atoms with E-state index in [1.54, 1.807) is 0 Å². The average Bonchev–Trinajstić information content (AvgIpc) is 2.20. The van der Waals surface area contributed by atoms with E-state index in [9.17, 15) is 18.3 Å². The Labute approximate surface area is 95.1 Å². The lowest BCUT2D eigenvalue weighted by Gasteiger charge is -2.30. The fraction of sp³-hybridized carbons (Fsp3) is 0.400. The Morgan fingerprint density at radius 3 is 2.12 bits per heavy atom. The molecule has 0 aliphatic heterocycles. The molecule has 7 heteroatoms. The number of aliphatic hydroxyl groups is 1. The third kappa shape index (κ3) is 2.45. The topological polar surface area (TPSA) is 86.7 Å². The van der Waals surface area contributed by atoms with Crippen LogP contribution in [0.2, 0.25) is 0 Å². The number of hydrogen-bond acceptors (Lipinski definition) is 4. The highest BCUT2D eigenvalue weighted by Gasteiger charge is 2.54. The average molecular weight is 251 g/mol. The molecule has 96 valence electrons. The maximum absolute atomic E-state index is 12.8. The molecule has 0 spiro atoms. The van der Waals surface area contributed by atoms with Crippen LogP contribution in [0.5, 0.6) is 11.5 Å². The summed E-state index contributed by atoms with van der Waals surface area (Å²) in [5.41, 5.74) is 1.35. The van der Waals surface area contributed by atoms with E-state index in [1.807, 2.05) is 0 Å². The van der Waals surface area contributed by atoms with E-state index in [0.717, 1.165) is 12.1 Å². The lowest BCUT2D eigenvalue weighted by atomic mass is 9.89. The van der Waals surface area contributed by atoms with Crippen LogP contribution in [0.4, 0.5) is 13.2 Å². The highest BCUT2D eigenvalue weighted by molar-refractivity contribution is 5.42. The van der Waals surface area contributed by atoms with Crippen molar-refractivity contribution in [2.45, 2.75) is 18.2 Å². The van der Waals surface area contributed by atoms with Crippen LogP contribution >= 0.6 is 0 Å². The molecule has 0 radical (unpaired) electrons. The normalized spacial score (nSPS) is 15.6. The molecule has 1 aromatic rings. The Morgan fingerprint density at radius 2 is 1.71 bits per heavy atom. The Balaban J connectivity index is 3.28. The zero-order valence-electron chi connectivity index (χ0n) is 8.70. The first-order chi connectivity index (χ1) is 7.72. The number of hydrogen-bond donors (Lipinski definition) is 4. The summed E-state index contributed by atoms with van der Waals surface area (Å²) in [6.07, 6.45) is -5.66. The summed E-state index contributed by atoms with van der Waals surface area (Å²) in [6, 6.07) is 2.43. The first kappa shape index (κ1) is 13.6. The molecule has 0 aromatic heterocycles. The fourth-order valence-corrected chi connectivity index (χ4v) is 1.44. The Hall–Kier alpha value is -1.47. The van der Waals surface area contributed by atoms with Crippen LogP contribution in [-0.2, 0) is 5.60 Å². The van der Waals surface area contributed by atoms with Crippen LogP contribution in [0.15, 0.2) is 18.2 Å². The first-order valence-corrected chi connectivity index (χ1v) is 4.74. The molecule has 1 rings (SSSR count). The monoisotopic (exact) mass is 251 g/mol. The third-order valence-electron chi connectivity index (χ3n) is 2.43. The van der Waals surface area contributed by atoms with Gasteiger partial charge in [0.2, 0.25) is 0 Å². The predicted molar refractivity (Wildman–Crippen MR) is 53.4 cm³/mol. The van der Waals surface area contributed by atoms with Gasteiger partial charge in [-0.25, -0.2) is 0 Å². The van der Waals surface area contributed by atoms with E-state index in [1.165, 1.54) is 0 Å². The Bertz CT molecular complexity index is 408. The van der Waals surface area contributed by atoms with E-state index in [0.29, 0.717) is 6.07 Å². The molecule has 4 nitrogen and oxygen atoms in total. The number of halogens is 3. The lowest BCUT2D eigenvalue weighted by molar-refractivity contribution is -0.268. The van der Waals surface area contributed by atoms with Crippen molar-refractivity contribution in [1.29, 1.82) is 0 Å². The highest BCUT2D eigenvalue weighted by Crippen LogP contribution is 2.43. The summed E-state index contributed by atoms with van der Waals surface area (Å²) in [5.74, 6) is -1.30. The molecule has 0 saturated heterocycles. The Kier molecular flexibility index (Phi) is 3.53. The minimum absolute atomic E-state index is 0.377. The van der Waals surface area contributed by atoms with Crippen molar-refractivity contribution in [3.05, 3.63) is 23.8 Å². The van der Waals surface area contributed by atoms with E-state index in [4.69, 9.17) is 15.9 Å². The second-order valence-corrected chi connectivity index (χ2v) is 3.60. The molecule has 5 N–H and O–H groups in total. The number of nitrogens with two attached hydrogens (primary N) is 1. The molecule has 0 saturated carbocycles. The van der Waals surface area contributed by atoms with Crippen LogP contribution < -0.4 is 5.73 Å². The SMILES string of the molecule is NCCC(O)(c1ccc(O)c(O)c1)C(F)(F)F. The lowest BCUT2D eigenvalue weighted by Crippen LogP contribution is -2.43. The number of phenolic OH excluding ortho intramolecular Hbond substituents is 2. The summed E-state index contributed by atoms with van der Waals surface area (Å²) in [7, 11) is 0. The number of aromatic hydroxyl groups is 2. The molecule has 0 fully saturated rings. The largest absolute Gasteiger partial charge is 0.504 e. The summed E-state index contributed by atoms with van der Waals surface area (Å²) in [4.78, 5) is 0. The summed E-state index contributed by atoms with van der Waals surface area (Å²) in [5, 5.41) is 27.8. The molecule has 1 atom stereocenters. The van der Waals surface area contributed by atoms with Gasteiger partial charge in [-0.3, -0.25) is 0 Å². The van der Waals surface area contributed by atoms with Crippen molar-refractivity contribution in [3.63, 3.8) is 0 Å². The third-order valence-corrected chi connectivity index (χ3v) is 2.43. The Morgan fingerprint density at radius 1 is 1.12 bits per heavy atom. The molecule has 1 unspecified atom stereocenters. The zero-order valence-corrected chi connectivity index (χ0v) is 8.70. The van der Waals surface area contributed by atoms with Crippen molar-refractivity contribution >= 4 is 0 Å². The van der Waals surface area contributed by atoms with Gasteiger partial charge in [0.1, 0.15) is 0 Å². The van der Waals surface area contributed by atoms with E-state index < -0.39 is 35.3 Å². The quantitative estimate of drug-likeness (QED) is 0.608. The van der Waals surface area contributed by atoms with Crippen LogP contribution in [0.25, 0.3) is 0 Å². The zero-order chi connectivity index (χ0) is 13.3. The number of alkyl halides is 3. The van der Waals surface area contributed by atoms with E-state index >= 15 is 0 Å². The van der Waals surface area contributed by atoms with Gasteiger partial charge in [0.15, 0.2) is 17.1 Å². The molecule has 17 heavy (non-hydrogen) atoms. The van der Waals surface area contributed by atoms with Crippen LogP contribution in [0, 0.1) is 0 Å². The van der Waals surface area contributed by atoms with Gasteiger partial charge in [0.05, 0.1) is 0 Å². The molecular weight excluding hydrogens is 239 g/mol. The second kappa shape index (κ2) is 4.42. The summed E-state index contributed by atoms with van der Waals surface area (Å²) < 4.78 is 38.3. The summed E-state index contributed by atoms with van der Waals surface area (Å²) in [6.45, 7) is -0.377. The maximum Gasteiger partial charge on any atom is 0.421 e. The van der Waals surface area contributed by atoms with Crippen molar-refractivity contribution in [3.8, 4) is 11.5 Å². The molecule has 0 aliphatic rings. The molecule has 0 amide bonds. The van der Waals surface area contributed by atoms with Gasteiger partial charge in [-0.2, -0.15) is 13.2 Å². The van der Waals surface area contributed by atoms with Crippen molar-refractivity contribution < 1.29 is 28.5 Å². The minimum Gasteiger partial charge on any atom is -0.504 e. The van der Waals surface area contributed by atoms with Crippen LogP contribution in [0.1, 0.15) is 12.0 Å². The molecule has 0 heterocycles. The van der Waals surface area contributed by atoms with Gasteiger partial charge >= 0.3 is 6.18 Å². The first-order valence-electron chi connectivity index (χ1n) is 4.74. The van der Waals surface area contributed by atoms with Crippen molar-refractivity contribution in [1.82, 2.24) is 0 Å². The highest BCUT2D eigenvalue weighted by atomic mass is 19.4. The van der Waals surface area contributed by atoms with Gasteiger partial charge in [-0.05, 0) is 24.2 Å². The van der Waals surface area contributed by atoms with E-state index in [-0.39, 0.29) is 6.54 Å². The van der Waals surface area contributed by atoms with Gasteiger partial charge in [-0.15, -0.1) is 0 Å². The van der Waals surface area contributed by atoms with Crippen LogP contribution in [0.3, 0.4) is 0 Å². The predicted octanol–water partition coefficient (Wildman–Crippen LogP) is 1.20. The molecule has 0 aliphatic carbocycles. The smallest absolute Gasteiger partial charge is 0.421 e.